The Bertz CT molecular complexity index is 632. The molecule has 0 aromatic heterocycles. The van der Waals surface area contributed by atoms with Crippen molar-refractivity contribution >= 4 is 37.5 Å². The van der Waals surface area contributed by atoms with E-state index in [1.54, 1.807) is 0 Å². The zero-order chi connectivity index (χ0) is 13.8. The van der Waals surface area contributed by atoms with E-state index in [1.807, 2.05) is 49.4 Å². The first kappa shape index (κ1) is 14.1. The van der Waals surface area contributed by atoms with Crippen LogP contribution in [0.2, 0.25) is 0 Å². The van der Waals surface area contributed by atoms with Crippen molar-refractivity contribution in [2.45, 2.75) is 13.0 Å². The molecule has 0 heterocycles. The first-order valence-corrected chi connectivity index (χ1v) is 7.37. The van der Waals surface area contributed by atoms with Gasteiger partial charge in [-0.2, -0.15) is 5.26 Å². The number of halogens is 2. The molecule has 0 saturated heterocycles. The van der Waals surface area contributed by atoms with Crippen molar-refractivity contribution in [3.05, 3.63) is 62.5 Å². The Balaban J connectivity index is 2.28. The maximum Gasteiger partial charge on any atom is 0.140 e. The van der Waals surface area contributed by atoms with E-state index in [1.165, 1.54) is 0 Å². The molecule has 2 rings (SSSR count). The SMILES string of the molecule is Cc1ccc(C(C#N)Nc2ccccc2Br)cc1Br. The summed E-state index contributed by atoms with van der Waals surface area (Å²) in [6.07, 6.45) is 0. The smallest absolute Gasteiger partial charge is 0.140 e. The predicted molar refractivity (Wildman–Crippen MR) is 85.0 cm³/mol. The minimum Gasteiger partial charge on any atom is -0.365 e. The van der Waals surface area contributed by atoms with E-state index in [9.17, 15) is 5.26 Å². The van der Waals surface area contributed by atoms with Crippen LogP contribution in [0.25, 0.3) is 0 Å². The molecule has 1 atom stereocenters. The normalized spacial score (nSPS) is 11.7. The van der Waals surface area contributed by atoms with Gasteiger partial charge in [0.05, 0.1) is 6.07 Å². The van der Waals surface area contributed by atoms with E-state index in [2.05, 4.69) is 43.2 Å². The van der Waals surface area contributed by atoms with Crippen molar-refractivity contribution in [3.8, 4) is 6.07 Å². The number of benzene rings is 2. The monoisotopic (exact) mass is 378 g/mol. The molecule has 0 radical (unpaired) electrons. The number of rotatable bonds is 3. The lowest BCUT2D eigenvalue weighted by Crippen LogP contribution is -2.09. The highest BCUT2D eigenvalue weighted by Gasteiger charge is 2.12. The van der Waals surface area contributed by atoms with Crippen molar-refractivity contribution in [2.24, 2.45) is 0 Å². The molecule has 0 bridgehead atoms. The van der Waals surface area contributed by atoms with E-state index in [4.69, 9.17) is 0 Å². The van der Waals surface area contributed by atoms with Gasteiger partial charge in [-0.05, 0) is 52.2 Å². The second kappa shape index (κ2) is 6.23. The third-order valence-electron chi connectivity index (χ3n) is 2.83. The lowest BCUT2D eigenvalue weighted by Gasteiger charge is -2.15. The van der Waals surface area contributed by atoms with Gasteiger partial charge < -0.3 is 5.32 Å². The third kappa shape index (κ3) is 3.37. The van der Waals surface area contributed by atoms with Crippen molar-refractivity contribution in [1.29, 1.82) is 5.26 Å². The minimum atomic E-state index is -0.379. The maximum atomic E-state index is 9.35. The zero-order valence-corrected chi connectivity index (χ0v) is 13.5. The number of anilines is 1. The lowest BCUT2D eigenvalue weighted by atomic mass is 10.1. The summed E-state index contributed by atoms with van der Waals surface area (Å²) in [5, 5.41) is 12.6. The van der Waals surface area contributed by atoms with Crippen LogP contribution in [0.1, 0.15) is 17.2 Å². The fourth-order valence-corrected chi connectivity index (χ4v) is 2.51. The fourth-order valence-electron chi connectivity index (χ4n) is 1.71. The number of nitriles is 1. The Kier molecular flexibility index (Phi) is 4.62. The van der Waals surface area contributed by atoms with E-state index < -0.39 is 0 Å². The highest BCUT2D eigenvalue weighted by Crippen LogP contribution is 2.28. The van der Waals surface area contributed by atoms with Crippen LogP contribution in [-0.4, -0.2) is 0 Å². The summed E-state index contributed by atoms with van der Waals surface area (Å²) in [7, 11) is 0. The number of aryl methyl sites for hydroxylation is 1. The molecule has 4 heteroatoms. The van der Waals surface area contributed by atoms with Crippen LogP contribution >= 0.6 is 31.9 Å². The molecule has 0 aliphatic carbocycles. The molecule has 1 N–H and O–H groups in total. The molecule has 0 spiro atoms. The van der Waals surface area contributed by atoms with Crippen LogP contribution in [-0.2, 0) is 0 Å². The minimum absolute atomic E-state index is 0.379. The molecule has 2 aromatic rings. The number of nitrogens with zero attached hydrogens (tertiary/aromatic N) is 1. The molecular formula is C15H12Br2N2. The average molecular weight is 380 g/mol. The van der Waals surface area contributed by atoms with Crippen molar-refractivity contribution in [1.82, 2.24) is 0 Å². The molecule has 1 unspecified atom stereocenters. The van der Waals surface area contributed by atoms with E-state index >= 15 is 0 Å². The summed E-state index contributed by atoms with van der Waals surface area (Å²) in [5.74, 6) is 0. The largest absolute Gasteiger partial charge is 0.365 e. The average Bonchev–Trinajstić information content (AvgIpc) is 2.41. The fraction of sp³-hybridized carbons (Fsp3) is 0.133. The number of hydrogen-bond donors (Lipinski definition) is 1. The second-order valence-electron chi connectivity index (χ2n) is 4.19. The van der Waals surface area contributed by atoms with Gasteiger partial charge in [0.2, 0.25) is 0 Å². The predicted octanol–water partition coefficient (Wildman–Crippen LogP) is 5.20. The van der Waals surface area contributed by atoms with Gasteiger partial charge in [0.1, 0.15) is 6.04 Å². The lowest BCUT2D eigenvalue weighted by molar-refractivity contribution is 0.992. The molecule has 2 aromatic carbocycles. The van der Waals surface area contributed by atoms with Gasteiger partial charge in [0.25, 0.3) is 0 Å². The van der Waals surface area contributed by atoms with E-state index in [-0.39, 0.29) is 6.04 Å². The van der Waals surface area contributed by atoms with Crippen LogP contribution in [0.15, 0.2) is 51.4 Å². The highest BCUT2D eigenvalue weighted by atomic mass is 79.9. The maximum absolute atomic E-state index is 9.35. The quantitative estimate of drug-likeness (QED) is 0.795. The first-order chi connectivity index (χ1) is 9.11. The van der Waals surface area contributed by atoms with Crippen LogP contribution in [0.5, 0.6) is 0 Å². The molecule has 96 valence electrons. The molecule has 0 amide bonds. The molecule has 2 nitrogen and oxygen atoms in total. The second-order valence-corrected chi connectivity index (χ2v) is 5.90. The summed E-state index contributed by atoms with van der Waals surface area (Å²) in [4.78, 5) is 0. The Labute approximate surface area is 129 Å². The molecule has 0 aliphatic rings. The van der Waals surface area contributed by atoms with Gasteiger partial charge in [0, 0.05) is 14.6 Å². The van der Waals surface area contributed by atoms with E-state index in [0.717, 1.165) is 25.8 Å². The summed E-state index contributed by atoms with van der Waals surface area (Å²) in [6.45, 7) is 2.02. The Morgan fingerprint density at radius 2 is 1.84 bits per heavy atom. The van der Waals surface area contributed by atoms with Gasteiger partial charge in [-0.1, -0.05) is 40.2 Å². The van der Waals surface area contributed by atoms with Crippen LogP contribution < -0.4 is 5.32 Å². The zero-order valence-electron chi connectivity index (χ0n) is 10.3. The van der Waals surface area contributed by atoms with E-state index in [0.29, 0.717) is 0 Å². The molecule has 0 fully saturated rings. The molecule has 0 aliphatic heterocycles. The number of hydrogen-bond acceptors (Lipinski definition) is 2. The summed E-state index contributed by atoms with van der Waals surface area (Å²) < 4.78 is 1.96. The summed E-state index contributed by atoms with van der Waals surface area (Å²) >= 11 is 6.97. The third-order valence-corrected chi connectivity index (χ3v) is 4.38. The standard InChI is InChI=1S/C15H12Br2N2/c1-10-6-7-11(8-13(10)17)15(9-18)19-14-5-3-2-4-12(14)16/h2-8,15,19H,1H3. The van der Waals surface area contributed by atoms with Crippen molar-refractivity contribution in [2.75, 3.05) is 5.32 Å². The Morgan fingerprint density at radius 1 is 1.11 bits per heavy atom. The number of para-hydroxylation sites is 1. The van der Waals surface area contributed by atoms with Gasteiger partial charge in [-0.3, -0.25) is 0 Å². The summed E-state index contributed by atoms with van der Waals surface area (Å²) in [5.41, 5.74) is 3.00. The van der Waals surface area contributed by atoms with Crippen molar-refractivity contribution in [3.63, 3.8) is 0 Å². The van der Waals surface area contributed by atoms with Crippen molar-refractivity contribution < 1.29 is 0 Å². The van der Waals surface area contributed by atoms with Gasteiger partial charge in [-0.25, -0.2) is 0 Å². The first-order valence-electron chi connectivity index (χ1n) is 5.78. The van der Waals surface area contributed by atoms with Gasteiger partial charge >= 0.3 is 0 Å². The van der Waals surface area contributed by atoms with Crippen LogP contribution in [0.4, 0.5) is 5.69 Å². The van der Waals surface area contributed by atoms with Gasteiger partial charge in [-0.15, -0.1) is 0 Å². The Hall–Kier alpha value is -1.31. The van der Waals surface area contributed by atoms with Gasteiger partial charge in [0.15, 0.2) is 0 Å². The summed E-state index contributed by atoms with van der Waals surface area (Å²) in [6, 6.07) is 15.6. The molecule has 0 saturated carbocycles. The van der Waals surface area contributed by atoms with Crippen LogP contribution in [0.3, 0.4) is 0 Å². The topological polar surface area (TPSA) is 35.8 Å². The number of nitrogens with one attached hydrogen (secondary N) is 1. The molecular weight excluding hydrogens is 368 g/mol. The molecule has 19 heavy (non-hydrogen) atoms. The Morgan fingerprint density at radius 3 is 2.47 bits per heavy atom. The highest BCUT2D eigenvalue weighted by molar-refractivity contribution is 9.10. The van der Waals surface area contributed by atoms with Crippen LogP contribution in [0, 0.1) is 18.3 Å².